The highest BCUT2D eigenvalue weighted by molar-refractivity contribution is 4.82. The zero-order valence-electron chi connectivity index (χ0n) is 8.26. The van der Waals surface area contributed by atoms with Crippen molar-refractivity contribution < 1.29 is 9.50 Å². The van der Waals surface area contributed by atoms with Crippen LogP contribution in [-0.2, 0) is 0 Å². The molecule has 0 bridgehead atoms. The Morgan fingerprint density at radius 3 is 2.50 bits per heavy atom. The first-order valence-electron chi connectivity index (χ1n) is 4.70. The number of aliphatic hydroxyl groups excluding tert-OH is 1. The summed E-state index contributed by atoms with van der Waals surface area (Å²) in [6, 6.07) is 0.0602. The first-order valence-corrected chi connectivity index (χ1v) is 4.70. The van der Waals surface area contributed by atoms with Gasteiger partial charge in [0.2, 0.25) is 0 Å². The second-order valence-corrected chi connectivity index (χ2v) is 2.91. The van der Waals surface area contributed by atoms with Gasteiger partial charge in [-0.2, -0.15) is 0 Å². The highest BCUT2D eigenvalue weighted by Crippen LogP contribution is 2.17. The molecule has 0 spiro atoms. The number of nitrogens with zero attached hydrogens (tertiary/aromatic N) is 1. The van der Waals surface area contributed by atoms with E-state index in [0.29, 0.717) is 0 Å². The Balaban J connectivity index is 0.000000561. The lowest BCUT2D eigenvalue weighted by Gasteiger charge is -2.22. The molecule has 0 aromatic rings. The quantitative estimate of drug-likeness (QED) is 0.690. The summed E-state index contributed by atoms with van der Waals surface area (Å²) in [4.78, 5) is 2.02. The summed E-state index contributed by atoms with van der Waals surface area (Å²) in [6.45, 7) is 4.37. The lowest BCUT2D eigenvalue weighted by atomic mass is 10.1. The predicted molar refractivity (Wildman–Crippen MR) is 49.0 cm³/mol. The van der Waals surface area contributed by atoms with E-state index in [9.17, 15) is 4.39 Å². The third kappa shape index (κ3) is 3.07. The zero-order chi connectivity index (χ0) is 9.56. The molecule has 1 heterocycles. The first kappa shape index (κ1) is 11.8. The van der Waals surface area contributed by atoms with Crippen LogP contribution in [0.25, 0.3) is 0 Å². The normalized spacial score (nSPS) is 26.2. The standard InChI is InChI=1S/C7H14FNO.C2H6/c1-9-4-2-3-6(9)7(10)5-8;1-2/h6-7,10H,2-5H2,1H3;1-2H3/t6-,7-;/m0./s1. The van der Waals surface area contributed by atoms with Crippen LogP contribution in [0.15, 0.2) is 0 Å². The van der Waals surface area contributed by atoms with Gasteiger partial charge in [0.15, 0.2) is 0 Å². The van der Waals surface area contributed by atoms with Gasteiger partial charge in [0.1, 0.15) is 6.67 Å². The Morgan fingerprint density at radius 2 is 2.17 bits per heavy atom. The van der Waals surface area contributed by atoms with Gasteiger partial charge in [0, 0.05) is 6.04 Å². The molecule has 0 aliphatic carbocycles. The number of likely N-dealkylation sites (N-methyl/N-ethyl adjacent to an activating group) is 1. The molecule has 0 saturated carbocycles. The lowest BCUT2D eigenvalue weighted by molar-refractivity contribution is 0.0639. The summed E-state index contributed by atoms with van der Waals surface area (Å²) in [7, 11) is 1.93. The van der Waals surface area contributed by atoms with Crippen LogP contribution in [0.1, 0.15) is 26.7 Å². The average molecular weight is 177 g/mol. The fourth-order valence-electron chi connectivity index (χ4n) is 1.53. The number of hydrogen-bond donors (Lipinski definition) is 1. The van der Waals surface area contributed by atoms with Gasteiger partial charge in [-0.3, -0.25) is 0 Å². The van der Waals surface area contributed by atoms with Crippen molar-refractivity contribution in [2.75, 3.05) is 20.3 Å². The van der Waals surface area contributed by atoms with Crippen molar-refractivity contribution in [3.63, 3.8) is 0 Å². The van der Waals surface area contributed by atoms with E-state index in [-0.39, 0.29) is 6.04 Å². The van der Waals surface area contributed by atoms with E-state index < -0.39 is 12.8 Å². The first-order chi connectivity index (χ1) is 5.75. The molecular weight excluding hydrogens is 157 g/mol. The number of rotatable bonds is 2. The Kier molecular flexibility index (Phi) is 6.30. The van der Waals surface area contributed by atoms with Crippen molar-refractivity contribution in [3.05, 3.63) is 0 Å². The van der Waals surface area contributed by atoms with Gasteiger partial charge >= 0.3 is 0 Å². The lowest BCUT2D eigenvalue weighted by Crippen LogP contribution is -2.37. The Hall–Kier alpha value is -0.150. The second-order valence-electron chi connectivity index (χ2n) is 2.91. The maximum Gasteiger partial charge on any atom is 0.117 e. The van der Waals surface area contributed by atoms with Crippen LogP contribution in [-0.4, -0.2) is 42.4 Å². The molecule has 1 rings (SSSR count). The molecule has 12 heavy (non-hydrogen) atoms. The maximum atomic E-state index is 11.9. The van der Waals surface area contributed by atoms with Gasteiger partial charge in [-0.1, -0.05) is 13.8 Å². The summed E-state index contributed by atoms with van der Waals surface area (Å²) < 4.78 is 11.9. The number of aliphatic hydroxyl groups is 1. The fourth-order valence-corrected chi connectivity index (χ4v) is 1.53. The highest BCUT2D eigenvalue weighted by Gasteiger charge is 2.27. The number of alkyl halides is 1. The molecule has 0 radical (unpaired) electrons. The summed E-state index contributed by atoms with van der Waals surface area (Å²) in [6.07, 6.45) is 1.24. The van der Waals surface area contributed by atoms with Crippen LogP contribution in [0.2, 0.25) is 0 Å². The Morgan fingerprint density at radius 1 is 1.58 bits per heavy atom. The number of likely N-dealkylation sites (tertiary alicyclic amines) is 1. The second kappa shape index (κ2) is 6.38. The van der Waals surface area contributed by atoms with E-state index in [1.54, 1.807) is 0 Å². The molecular formula is C9H20FNO. The van der Waals surface area contributed by atoms with Crippen molar-refractivity contribution in [1.82, 2.24) is 4.90 Å². The maximum absolute atomic E-state index is 11.9. The SMILES string of the molecule is CC.CN1CCC[C@H]1[C@@H](O)CF. The van der Waals surface area contributed by atoms with Gasteiger partial charge in [0.25, 0.3) is 0 Å². The van der Waals surface area contributed by atoms with Crippen molar-refractivity contribution in [2.24, 2.45) is 0 Å². The molecule has 1 N–H and O–H groups in total. The van der Waals surface area contributed by atoms with E-state index in [1.807, 2.05) is 25.8 Å². The fraction of sp³-hybridized carbons (Fsp3) is 1.00. The molecule has 0 aromatic heterocycles. The monoisotopic (exact) mass is 177 g/mol. The summed E-state index contributed by atoms with van der Waals surface area (Å²) >= 11 is 0. The van der Waals surface area contributed by atoms with Crippen molar-refractivity contribution >= 4 is 0 Å². The minimum atomic E-state index is -0.771. The predicted octanol–water partition coefficient (Wildman–Crippen LogP) is 1.44. The van der Waals surface area contributed by atoms with E-state index in [0.717, 1.165) is 19.4 Å². The topological polar surface area (TPSA) is 23.5 Å². The van der Waals surface area contributed by atoms with Gasteiger partial charge < -0.3 is 10.0 Å². The van der Waals surface area contributed by atoms with Crippen molar-refractivity contribution in [2.45, 2.75) is 38.8 Å². The zero-order valence-corrected chi connectivity index (χ0v) is 8.26. The van der Waals surface area contributed by atoms with Gasteiger partial charge in [-0.15, -0.1) is 0 Å². The van der Waals surface area contributed by atoms with Crippen molar-refractivity contribution in [1.29, 1.82) is 0 Å². The van der Waals surface area contributed by atoms with Crippen LogP contribution in [0, 0.1) is 0 Å². The Bertz CT molecular complexity index is 111. The third-order valence-corrected chi connectivity index (χ3v) is 2.18. The number of halogens is 1. The van der Waals surface area contributed by atoms with Crippen LogP contribution in [0.5, 0.6) is 0 Å². The van der Waals surface area contributed by atoms with Crippen LogP contribution in [0.4, 0.5) is 4.39 Å². The van der Waals surface area contributed by atoms with Crippen LogP contribution < -0.4 is 0 Å². The average Bonchev–Trinajstić information content (AvgIpc) is 2.54. The highest BCUT2D eigenvalue weighted by atomic mass is 19.1. The van der Waals surface area contributed by atoms with Gasteiger partial charge in [-0.25, -0.2) is 4.39 Å². The molecule has 1 saturated heterocycles. The molecule has 2 atom stereocenters. The van der Waals surface area contributed by atoms with Crippen molar-refractivity contribution in [3.8, 4) is 0 Å². The van der Waals surface area contributed by atoms with Crippen LogP contribution >= 0.6 is 0 Å². The smallest absolute Gasteiger partial charge is 0.117 e. The summed E-state index contributed by atoms with van der Waals surface area (Å²) in [5.41, 5.74) is 0. The van der Waals surface area contributed by atoms with Crippen LogP contribution in [0.3, 0.4) is 0 Å². The summed E-state index contributed by atoms with van der Waals surface area (Å²) in [5.74, 6) is 0. The van der Waals surface area contributed by atoms with Gasteiger partial charge in [-0.05, 0) is 26.4 Å². The number of hydrogen-bond acceptors (Lipinski definition) is 2. The summed E-state index contributed by atoms with van der Waals surface area (Å²) in [5, 5.41) is 9.11. The minimum Gasteiger partial charge on any atom is -0.389 e. The molecule has 0 unspecified atom stereocenters. The molecule has 1 aliphatic heterocycles. The molecule has 2 nitrogen and oxygen atoms in total. The largest absolute Gasteiger partial charge is 0.389 e. The Labute approximate surface area is 74.4 Å². The van der Waals surface area contributed by atoms with Gasteiger partial charge in [0.05, 0.1) is 6.10 Å². The van der Waals surface area contributed by atoms with E-state index in [2.05, 4.69) is 0 Å². The minimum absolute atomic E-state index is 0.0602. The van der Waals surface area contributed by atoms with E-state index in [4.69, 9.17) is 5.11 Å². The molecule has 0 aromatic carbocycles. The molecule has 74 valence electrons. The molecule has 3 heteroatoms. The molecule has 0 amide bonds. The molecule has 1 fully saturated rings. The van der Waals surface area contributed by atoms with E-state index >= 15 is 0 Å². The van der Waals surface area contributed by atoms with E-state index in [1.165, 1.54) is 0 Å². The molecule has 1 aliphatic rings. The third-order valence-electron chi connectivity index (χ3n) is 2.18.